The number of amides is 2. The summed E-state index contributed by atoms with van der Waals surface area (Å²) in [6, 6.07) is 7.67. The summed E-state index contributed by atoms with van der Waals surface area (Å²) >= 11 is 0. The average Bonchev–Trinajstić information content (AvgIpc) is 2.77. The number of likely N-dealkylation sites (tertiary alicyclic amines) is 1. The van der Waals surface area contributed by atoms with Gasteiger partial charge in [0.15, 0.2) is 0 Å². The quantitative estimate of drug-likeness (QED) is 0.844. The molecule has 1 saturated heterocycles. The summed E-state index contributed by atoms with van der Waals surface area (Å²) in [4.78, 5) is 27.0. The van der Waals surface area contributed by atoms with E-state index in [9.17, 15) is 9.59 Å². The van der Waals surface area contributed by atoms with Crippen molar-refractivity contribution in [1.82, 2.24) is 4.90 Å². The third-order valence-electron chi connectivity index (χ3n) is 3.56. The highest BCUT2D eigenvalue weighted by Gasteiger charge is 2.32. The molecule has 2 rings (SSSR count). The Morgan fingerprint density at radius 3 is 2.60 bits per heavy atom. The van der Waals surface area contributed by atoms with E-state index in [1.54, 1.807) is 16.9 Å². The van der Waals surface area contributed by atoms with Crippen LogP contribution in [0.3, 0.4) is 0 Å². The maximum absolute atomic E-state index is 11.9. The molecule has 0 radical (unpaired) electrons. The highest BCUT2D eigenvalue weighted by Crippen LogP contribution is 2.22. The van der Waals surface area contributed by atoms with Crippen molar-refractivity contribution in [2.24, 2.45) is 0 Å². The van der Waals surface area contributed by atoms with Gasteiger partial charge in [-0.25, -0.2) is 0 Å². The second-order valence-electron chi connectivity index (χ2n) is 5.02. The van der Waals surface area contributed by atoms with E-state index in [2.05, 4.69) is 0 Å². The monoisotopic (exact) mass is 276 g/mol. The van der Waals surface area contributed by atoms with Crippen LogP contribution in [0.25, 0.3) is 0 Å². The zero-order chi connectivity index (χ0) is 14.7. The largest absolute Gasteiger partial charge is 0.361 e. The Hall–Kier alpha value is -1.88. The van der Waals surface area contributed by atoms with Crippen LogP contribution in [0.4, 0.5) is 5.69 Å². The Bertz CT molecular complexity index is 498. The van der Waals surface area contributed by atoms with Gasteiger partial charge in [0.25, 0.3) is 0 Å². The molecule has 5 nitrogen and oxygen atoms in total. The fourth-order valence-corrected chi connectivity index (χ4v) is 2.36. The lowest BCUT2D eigenvalue weighted by Gasteiger charge is -2.30. The summed E-state index contributed by atoms with van der Waals surface area (Å²) in [7, 11) is 1.58. The summed E-state index contributed by atoms with van der Waals surface area (Å²) in [5.41, 5.74) is 1.92. The fourth-order valence-electron chi connectivity index (χ4n) is 2.36. The summed E-state index contributed by atoms with van der Waals surface area (Å²) in [6.07, 6.45) is 0.905. The number of benzene rings is 1. The first-order valence-electron chi connectivity index (χ1n) is 6.70. The summed E-state index contributed by atoms with van der Waals surface area (Å²) < 4.78 is 5.30. The van der Waals surface area contributed by atoms with Crippen molar-refractivity contribution in [3.8, 4) is 0 Å². The molecule has 1 heterocycles. The molecular weight excluding hydrogens is 256 g/mol. The minimum atomic E-state index is -0.241. The highest BCUT2D eigenvalue weighted by atomic mass is 16.5. The van der Waals surface area contributed by atoms with E-state index in [0.29, 0.717) is 12.8 Å². The van der Waals surface area contributed by atoms with Crippen LogP contribution in [-0.4, -0.2) is 36.7 Å². The van der Waals surface area contributed by atoms with Gasteiger partial charge in [-0.1, -0.05) is 17.7 Å². The van der Waals surface area contributed by atoms with E-state index in [1.807, 2.05) is 31.2 Å². The van der Waals surface area contributed by atoms with Crippen molar-refractivity contribution in [3.63, 3.8) is 0 Å². The normalized spacial score (nSPS) is 18.4. The van der Waals surface area contributed by atoms with Gasteiger partial charge in [-0.3, -0.25) is 19.4 Å². The van der Waals surface area contributed by atoms with Gasteiger partial charge in [0.1, 0.15) is 12.9 Å². The number of hydrogen-bond acceptors (Lipinski definition) is 3. The molecule has 1 aliphatic heterocycles. The Kier molecular flexibility index (Phi) is 4.39. The molecule has 1 aromatic carbocycles. The molecule has 5 heteroatoms. The Morgan fingerprint density at radius 2 is 2.05 bits per heavy atom. The van der Waals surface area contributed by atoms with Crippen LogP contribution in [0.2, 0.25) is 0 Å². The first-order chi connectivity index (χ1) is 9.52. The van der Waals surface area contributed by atoms with E-state index in [4.69, 9.17) is 4.74 Å². The predicted molar refractivity (Wildman–Crippen MR) is 76.1 cm³/mol. The van der Waals surface area contributed by atoms with Crippen LogP contribution < -0.4 is 4.90 Å². The molecular formula is C15H20N2O3. The van der Waals surface area contributed by atoms with Crippen LogP contribution in [-0.2, 0) is 14.3 Å². The summed E-state index contributed by atoms with van der Waals surface area (Å²) in [5.74, 6) is -0.0707. The van der Waals surface area contributed by atoms with Gasteiger partial charge in [-0.2, -0.15) is 0 Å². The molecule has 20 heavy (non-hydrogen) atoms. The molecule has 0 aliphatic carbocycles. The molecule has 0 bridgehead atoms. The third kappa shape index (κ3) is 2.99. The molecule has 0 spiro atoms. The van der Waals surface area contributed by atoms with Crippen LogP contribution in [0.1, 0.15) is 25.3 Å². The molecule has 1 unspecified atom stereocenters. The van der Waals surface area contributed by atoms with E-state index in [-0.39, 0.29) is 24.7 Å². The van der Waals surface area contributed by atoms with Gasteiger partial charge in [-0.15, -0.1) is 0 Å². The fraction of sp³-hybridized carbons (Fsp3) is 0.467. The van der Waals surface area contributed by atoms with Crippen molar-refractivity contribution in [2.75, 3.05) is 18.7 Å². The number of anilines is 1. The predicted octanol–water partition coefficient (Wildman–Crippen LogP) is 1.90. The van der Waals surface area contributed by atoms with E-state index in [1.165, 1.54) is 6.92 Å². The molecule has 0 saturated carbocycles. The van der Waals surface area contributed by atoms with Gasteiger partial charge in [-0.05, 0) is 19.1 Å². The zero-order valence-electron chi connectivity index (χ0n) is 12.1. The molecule has 1 aromatic rings. The molecule has 1 fully saturated rings. The molecule has 1 atom stereocenters. The first-order valence-corrected chi connectivity index (χ1v) is 6.70. The second-order valence-corrected chi connectivity index (χ2v) is 5.02. The first kappa shape index (κ1) is 14.5. The topological polar surface area (TPSA) is 49.9 Å². The van der Waals surface area contributed by atoms with E-state index < -0.39 is 0 Å². The van der Waals surface area contributed by atoms with Gasteiger partial charge in [0.2, 0.25) is 11.8 Å². The lowest BCUT2D eigenvalue weighted by molar-refractivity contribution is -0.135. The van der Waals surface area contributed by atoms with Gasteiger partial charge in [0.05, 0.1) is 0 Å². The number of ether oxygens (including phenoxy) is 1. The standard InChI is InChI=1S/C15H20N2O3/c1-11-4-6-13(7-5-11)16(12(2)18)10-17-14(19)8-9-15(17)20-3/h4-7,15H,8-10H2,1-3H3. The van der Waals surface area contributed by atoms with Gasteiger partial charge < -0.3 is 4.74 Å². The Balaban J connectivity index is 2.19. The summed E-state index contributed by atoms with van der Waals surface area (Å²) in [6.45, 7) is 3.73. The van der Waals surface area contributed by atoms with Crippen molar-refractivity contribution in [1.29, 1.82) is 0 Å². The third-order valence-corrected chi connectivity index (χ3v) is 3.56. The molecule has 0 aromatic heterocycles. The van der Waals surface area contributed by atoms with Crippen molar-refractivity contribution >= 4 is 17.5 Å². The second kappa shape index (κ2) is 6.05. The average molecular weight is 276 g/mol. The Labute approximate surface area is 119 Å². The highest BCUT2D eigenvalue weighted by molar-refractivity contribution is 5.92. The minimum absolute atomic E-state index is 0.0233. The minimum Gasteiger partial charge on any atom is -0.361 e. The van der Waals surface area contributed by atoms with Gasteiger partial charge in [0, 0.05) is 32.6 Å². The number of rotatable bonds is 4. The molecule has 0 N–H and O–H groups in total. The molecule has 108 valence electrons. The lowest BCUT2D eigenvalue weighted by atomic mass is 10.2. The maximum atomic E-state index is 11.9. The van der Waals surface area contributed by atoms with Crippen LogP contribution in [0.15, 0.2) is 24.3 Å². The number of methoxy groups -OCH3 is 1. The number of nitrogens with zero attached hydrogens (tertiary/aromatic N) is 2. The summed E-state index contributed by atoms with van der Waals surface area (Å²) in [5, 5.41) is 0. The Morgan fingerprint density at radius 1 is 1.40 bits per heavy atom. The van der Waals surface area contributed by atoms with Crippen LogP contribution in [0, 0.1) is 6.92 Å². The van der Waals surface area contributed by atoms with Crippen molar-refractivity contribution in [2.45, 2.75) is 32.9 Å². The zero-order valence-corrected chi connectivity index (χ0v) is 12.1. The van der Waals surface area contributed by atoms with Gasteiger partial charge >= 0.3 is 0 Å². The van der Waals surface area contributed by atoms with Crippen molar-refractivity contribution < 1.29 is 14.3 Å². The molecule has 2 amide bonds. The van der Waals surface area contributed by atoms with Crippen LogP contribution >= 0.6 is 0 Å². The molecule has 1 aliphatic rings. The van der Waals surface area contributed by atoms with E-state index in [0.717, 1.165) is 11.3 Å². The number of hydrogen-bond donors (Lipinski definition) is 0. The number of carbonyl (C=O) groups is 2. The van der Waals surface area contributed by atoms with E-state index >= 15 is 0 Å². The maximum Gasteiger partial charge on any atom is 0.226 e. The lowest BCUT2D eigenvalue weighted by Crippen LogP contribution is -2.45. The number of carbonyl (C=O) groups excluding carboxylic acids is 2. The van der Waals surface area contributed by atoms with Crippen LogP contribution in [0.5, 0.6) is 0 Å². The van der Waals surface area contributed by atoms with Crippen molar-refractivity contribution in [3.05, 3.63) is 29.8 Å². The smallest absolute Gasteiger partial charge is 0.226 e. The number of aryl methyl sites for hydroxylation is 1. The SMILES string of the molecule is COC1CCC(=O)N1CN(C(C)=O)c1ccc(C)cc1.